The first-order valence-electron chi connectivity index (χ1n) is 8.67. The second-order valence-electron chi connectivity index (χ2n) is 6.58. The minimum absolute atomic E-state index is 0.211. The van der Waals surface area contributed by atoms with E-state index >= 15 is 0 Å². The molecule has 2 aromatic carbocycles. The molecular formula is C20H19BrClFN4S. The van der Waals surface area contributed by atoms with Crippen LogP contribution in [0.5, 0.6) is 0 Å². The summed E-state index contributed by atoms with van der Waals surface area (Å²) in [6.45, 7) is 4.51. The minimum atomic E-state index is -0.365. The van der Waals surface area contributed by atoms with Gasteiger partial charge in [-0.15, -0.1) is 0 Å². The molecule has 0 atom stereocenters. The number of hydrogen-bond donors (Lipinski definition) is 2. The molecule has 0 unspecified atom stereocenters. The molecule has 0 radical (unpaired) electrons. The van der Waals surface area contributed by atoms with E-state index in [0.717, 1.165) is 5.69 Å². The zero-order chi connectivity index (χ0) is 20.3. The van der Waals surface area contributed by atoms with Crippen LogP contribution < -0.4 is 10.6 Å². The Bertz CT molecular complexity index is 968. The Balaban J connectivity index is 1.67. The smallest absolute Gasteiger partial charge is 0.176 e. The minimum Gasteiger partial charge on any atom is -0.332 e. The van der Waals surface area contributed by atoms with Gasteiger partial charge in [-0.2, -0.15) is 5.10 Å². The molecular weight excluding hydrogens is 463 g/mol. The Morgan fingerprint density at radius 1 is 1.21 bits per heavy atom. The van der Waals surface area contributed by atoms with Crippen molar-refractivity contribution in [2.24, 2.45) is 0 Å². The summed E-state index contributed by atoms with van der Waals surface area (Å²) in [5.41, 5.74) is 2.53. The van der Waals surface area contributed by atoms with Gasteiger partial charge in [0.2, 0.25) is 0 Å². The lowest BCUT2D eigenvalue weighted by molar-refractivity contribution is 0.586. The summed E-state index contributed by atoms with van der Waals surface area (Å²) in [6.07, 6.45) is 1.74. The third kappa shape index (κ3) is 5.10. The van der Waals surface area contributed by atoms with Gasteiger partial charge in [-0.25, -0.2) is 4.39 Å². The average Bonchev–Trinajstić information content (AvgIpc) is 2.98. The van der Waals surface area contributed by atoms with E-state index in [1.54, 1.807) is 23.0 Å². The zero-order valence-corrected chi connectivity index (χ0v) is 18.5. The van der Waals surface area contributed by atoms with Crippen molar-refractivity contribution in [3.63, 3.8) is 0 Å². The quantitative estimate of drug-likeness (QED) is 0.413. The highest BCUT2D eigenvalue weighted by Gasteiger charge is 2.12. The first kappa shape index (κ1) is 20.8. The Labute approximate surface area is 182 Å². The van der Waals surface area contributed by atoms with Crippen LogP contribution in [0.2, 0.25) is 5.02 Å². The van der Waals surface area contributed by atoms with E-state index < -0.39 is 0 Å². The predicted octanol–water partition coefficient (Wildman–Crippen LogP) is 6.42. The molecule has 0 saturated carbocycles. The fraction of sp³-hybridized carbons (Fsp3) is 0.200. The van der Waals surface area contributed by atoms with Gasteiger partial charge in [-0.05, 0) is 63.9 Å². The molecule has 0 aliphatic carbocycles. The predicted molar refractivity (Wildman–Crippen MR) is 121 cm³/mol. The molecule has 0 bridgehead atoms. The topological polar surface area (TPSA) is 41.9 Å². The van der Waals surface area contributed by atoms with Gasteiger partial charge >= 0.3 is 0 Å². The first-order chi connectivity index (χ1) is 13.3. The van der Waals surface area contributed by atoms with Crippen molar-refractivity contribution in [3.05, 3.63) is 75.1 Å². The van der Waals surface area contributed by atoms with Crippen molar-refractivity contribution in [2.45, 2.75) is 26.3 Å². The van der Waals surface area contributed by atoms with Crippen LogP contribution in [0.15, 0.2) is 53.1 Å². The molecule has 8 heteroatoms. The third-order valence-electron chi connectivity index (χ3n) is 4.17. The molecule has 0 fully saturated rings. The van der Waals surface area contributed by atoms with E-state index in [4.69, 9.17) is 23.8 Å². The fourth-order valence-corrected chi connectivity index (χ4v) is 3.48. The summed E-state index contributed by atoms with van der Waals surface area (Å²) in [4.78, 5) is 0. The van der Waals surface area contributed by atoms with Crippen LogP contribution in [0.4, 0.5) is 15.9 Å². The van der Waals surface area contributed by atoms with Crippen molar-refractivity contribution in [1.82, 2.24) is 9.78 Å². The molecule has 146 valence electrons. The van der Waals surface area contributed by atoms with Crippen LogP contribution in [-0.2, 0) is 6.54 Å². The van der Waals surface area contributed by atoms with Gasteiger partial charge in [-0.1, -0.05) is 43.6 Å². The standard InChI is InChI=1S/C20H19BrClFN4S/c1-12(2)13-6-8-14(9-7-13)24-20(28)25-19-16(21)11-27(26-19)10-15-17(22)4-3-5-18(15)23/h3-9,11-12H,10H2,1-2H3,(H2,24,25,26,28). The molecule has 3 aromatic rings. The van der Waals surface area contributed by atoms with Gasteiger partial charge < -0.3 is 10.6 Å². The highest BCUT2D eigenvalue weighted by atomic mass is 79.9. The first-order valence-corrected chi connectivity index (χ1v) is 10.2. The van der Waals surface area contributed by atoms with E-state index in [0.29, 0.717) is 31.9 Å². The van der Waals surface area contributed by atoms with Crippen LogP contribution in [-0.4, -0.2) is 14.9 Å². The molecule has 1 heterocycles. The van der Waals surface area contributed by atoms with E-state index in [1.165, 1.54) is 11.6 Å². The molecule has 0 spiro atoms. The normalized spacial score (nSPS) is 10.9. The lowest BCUT2D eigenvalue weighted by Crippen LogP contribution is -2.19. The number of hydrogen-bond acceptors (Lipinski definition) is 2. The summed E-state index contributed by atoms with van der Waals surface area (Å²) < 4.78 is 16.3. The summed E-state index contributed by atoms with van der Waals surface area (Å²) in [5.74, 6) is 0.640. The largest absolute Gasteiger partial charge is 0.332 e. The van der Waals surface area contributed by atoms with Gasteiger partial charge in [0.25, 0.3) is 0 Å². The number of nitrogens with zero attached hydrogens (tertiary/aromatic N) is 2. The molecule has 0 aliphatic rings. The monoisotopic (exact) mass is 480 g/mol. The SMILES string of the molecule is CC(C)c1ccc(NC(=S)Nc2nn(Cc3c(F)cccc3Cl)cc2Br)cc1. The van der Waals surface area contributed by atoms with Crippen molar-refractivity contribution < 1.29 is 4.39 Å². The van der Waals surface area contributed by atoms with Gasteiger partial charge in [-0.3, -0.25) is 4.68 Å². The zero-order valence-electron chi connectivity index (χ0n) is 15.3. The maximum atomic E-state index is 14.0. The van der Waals surface area contributed by atoms with Crippen LogP contribution in [0, 0.1) is 5.82 Å². The highest BCUT2D eigenvalue weighted by molar-refractivity contribution is 9.10. The maximum Gasteiger partial charge on any atom is 0.176 e. The van der Waals surface area contributed by atoms with Crippen molar-refractivity contribution in [3.8, 4) is 0 Å². The van der Waals surface area contributed by atoms with Crippen LogP contribution in [0.25, 0.3) is 0 Å². The molecule has 2 N–H and O–H groups in total. The second kappa shape index (κ2) is 9.03. The highest BCUT2D eigenvalue weighted by Crippen LogP contribution is 2.24. The number of anilines is 2. The number of thiocarbonyl (C=S) groups is 1. The van der Waals surface area contributed by atoms with E-state index in [-0.39, 0.29) is 12.4 Å². The Morgan fingerprint density at radius 3 is 2.57 bits per heavy atom. The average molecular weight is 482 g/mol. The summed E-state index contributed by atoms with van der Waals surface area (Å²) in [7, 11) is 0. The second-order valence-corrected chi connectivity index (χ2v) is 8.25. The van der Waals surface area contributed by atoms with Crippen LogP contribution in [0.1, 0.15) is 30.9 Å². The molecule has 0 saturated heterocycles. The van der Waals surface area contributed by atoms with E-state index in [2.05, 4.69) is 57.6 Å². The van der Waals surface area contributed by atoms with E-state index in [9.17, 15) is 4.39 Å². The number of aromatic nitrogens is 2. The molecule has 28 heavy (non-hydrogen) atoms. The van der Waals surface area contributed by atoms with Crippen molar-refractivity contribution in [2.75, 3.05) is 10.6 Å². The Kier molecular flexibility index (Phi) is 6.69. The summed E-state index contributed by atoms with van der Waals surface area (Å²) >= 11 is 14.9. The van der Waals surface area contributed by atoms with Gasteiger partial charge in [0.05, 0.1) is 11.0 Å². The third-order valence-corrected chi connectivity index (χ3v) is 5.30. The molecule has 3 rings (SSSR count). The van der Waals surface area contributed by atoms with Gasteiger partial charge in [0.1, 0.15) is 5.82 Å². The van der Waals surface area contributed by atoms with Gasteiger partial charge in [0.15, 0.2) is 10.9 Å². The number of nitrogens with one attached hydrogen (secondary N) is 2. The Hall–Kier alpha value is -1.96. The van der Waals surface area contributed by atoms with Crippen LogP contribution >= 0.6 is 39.7 Å². The van der Waals surface area contributed by atoms with Gasteiger partial charge in [0, 0.05) is 22.5 Å². The summed E-state index contributed by atoms with van der Waals surface area (Å²) in [5, 5.41) is 11.4. The summed E-state index contributed by atoms with van der Waals surface area (Å²) in [6, 6.07) is 12.7. The molecule has 4 nitrogen and oxygen atoms in total. The lowest BCUT2D eigenvalue weighted by Gasteiger charge is -2.11. The Morgan fingerprint density at radius 2 is 1.93 bits per heavy atom. The van der Waals surface area contributed by atoms with Crippen molar-refractivity contribution in [1.29, 1.82) is 0 Å². The molecule has 1 aromatic heterocycles. The van der Waals surface area contributed by atoms with Crippen LogP contribution in [0.3, 0.4) is 0 Å². The number of rotatable bonds is 5. The molecule has 0 amide bonds. The number of halogens is 3. The number of benzene rings is 2. The maximum absolute atomic E-state index is 14.0. The fourth-order valence-electron chi connectivity index (χ4n) is 2.63. The van der Waals surface area contributed by atoms with E-state index in [1.807, 2.05) is 12.1 Å². The lowest BCUT2D eigenvalue weighted by atomic mass is 10.0. The molecule has 0 aliphatic heterocycles. The van der Waals surface area contributed by atoms with Crippen molar-refractivity contribution >= 4 is 56.4 Å².